The molecule has 1 N–H and O–H groups in total. The minimum atomic E-state index is -0.451. The Bertz CT molecular complexity index is 1110. The van der Waals surface area contributed by atoms with Crippen molar-refractivity contribution >= 4 is 5.69 Å². The first kappa shape index (κ1) is 30.3. The first-order chi connectivity index (χ1) is 20.1. The van der Waals surface area contributed by atoms with E-state index in [9.17, 15) is 0 Å². The van der Waals surface area contributed by atoms with Gasteiger partial charge >= 0.3 is 0 Å². The highest BCUT2D eigenvalue weighted by atomic mass is 16.6. The Hall–Kier alpha value is -2.20. The summed E-state index contributed by atoms with van der Waals surface area (Å²) < 4.78 is 36.0. The fourth-order valence-electron chi connectivity index (χ4n) is 6.40. The molecule has 3 aliphatic rings. The topological polar surface area (TPSA) is 70.7 Å². The first-order valence-electron chi connectivity index (χ1n) is 15.3. The van der Waals surface area contributed by atoms with E-state index in [0.717, 1.165) is 82.1 Å². The highest BCUT2D eigenvalue weighted by molar-refractivity contribution is 5.61. The van der Waals surface area contributed by atoms with Crippen molar-refractivity contribution in [2.24, 2.45) is 5.92 Å². The fraction of sp³-hybridized carbons (Fsp3) is 0.636. The summed E-state index contributed by atoms with van der Waals surface area (Å²) in [5.74, 6) is 1.33. The molecule has 2 aromatic carbocycles. The largest absolute Gasteiger partial charge is 0.490 e. The molecule has 1 fully saturated rings. The number of piperidine rings is 1. The zero-order chi connectivity index (χ0) is 28.5. The fourth-order valence-corrected chi connectivity index (χ4v) is 6.40. The van der Waals surface area contributed by atoms with Gasteiger partial charge in [-0.2, -0.15) is 0 Å². The van der Waals surface area contributed by atoms with Gasteiger partial charge in [-0.05, 0) is 66.6 Å². The van der Waals surface area contributed by atoms with Crippen LogP contribution >= 0.6 is 0 Å². The van der Waals surface area contributed by atoms with Crippen LogP contribution in [0.5, 0.6) is 5.75 Å². The normalized spacial score (nSPS) is 23.0. The second-order valence-electron chi connectivity index (χ2n) is 11.6. The maximum Gasteiger partial charge on any atom is 0.142 e. The summed E-state index contributed by atoms with van der Waals surface area (Å²) in [7, 11) is 3.49. The molecule has 2 aromatic rings. The van der Waals surface area contributed by atoms with E-state index in [2.05, 4.69) is 53.5 Å². The van der Waals surface area contributed by atoms with Crippen LogP contribution in [0.3, 0.4) is 0 Å². The monoisotopic (exact) mass is 568 g/mol. The zero-order valence-corrected chi connectivity index (χ0v) is 25.1. The molecular weight excluding hydrogens is 520 g/mol. The lowest BCUT2D eigenvalue weighted by molar-refractivity contribution is -0.168. The number of nitrogens with zero attached hydrogens (tertiary/aromatic N) is 1. The van der Waals surface area contributed by atoms with Gasteiger partial charge in [-0.15, -0.1) is 0 Å². The van der Waals surface area contributed by atoms with Crippen molar-refractivity contribution in [1.29, 1.82) is 0 Å². The number of rotatable bonds is 13. The SMILES string of the molecule is COCCCN1CCOc2ccc(CO[C@H]3CNCC[C@@]34OCCCc3cc(COC[C@@H](C)COC)ccc34)cc21. The Labute approximate surface area is 245 Å². The highest BCUT2D eigenvalue weighted by Gasteiger charge is 2.46. The highest BCUT2D eigenvalue weighted by Crippen LogP contribution is 2.42. The van der Waals surface area contributed by atoms with Crippen LogP contribution in [0, 0.1) is 5.92 Å². The maximum atomic E-state index is 6.75. The van der Waals surface area contributed by atoms with E-state index < -0.39 is 5.60 Å². The Morgan fingerprint density at radius 3 is 2.80 bits per heavy atom. The summed E-state index contributed by atoms with van der Waals surface area (Å²) >= 11 is 0. The molecule has 41 heavy (non-hydrogen) atoms. The van der Waals surface area contributed by atoms with Gasteiger partial charge in [-0.25, -0.2) is 0 Å². The zero-order valence-electron chi connectivity index (χ0n) is 25.1. The summed E-state index contributed by atoms with van der Waals surface area (Å²) in [6.45, 7) is 10.4. The third-order valence-corrected chi connectivity index (χ3v) is 8.43. The molecule has 0 radical (unpaired) electrons. The van der Waals surface area contributed by atoms with E-state index in [1.807, 2.05) is 0 Å². The lowest BCUT2D eigenvalue weighted by Crippen LogP contribution is -2.54. The summed E-state index contributed by atoms with van der Waals surface area (Å²) in [6, 6.07) is 13.2. The van der Waals surface area contributed by atoms with Gasteiger partial charge in [0.2, 0.25) is 0 Å². The molecule has 0 unspecified atom stereocenters. The molecule has 3 atom stereocenters. The second-order valence-corrected chi connectivity index (χ2v) is 11.6. The molecule has 5 rings (SSSR count). The molecule has 226 valence electrons. The summed E-state index contributed by atoms with van der Waals surface area (Å²) in [5.41, 5.74) is 5.70. The van der Waals surface area contributed by atoms with Crippen molar-refractivity contribution in [2.45, 2.75) is 57.5 Å². The standard InChI is InChI=1S/C33H48N2O6/c1-25(21-37-3)22-38-23-26-7-9-29-28(18-26)6-4-16-41-33(29)11-12-34-20-32(33)40-24-27-8-10-31-30(19-27)35(14-17-39-31)13-5-15-36-2/h7-10,18-19,25,32,34H,4-6,11-17,20-24H2,1-3H3/t25-,32-,33-/m0/s1. The van der Waals surface area contributed by atoms with Crippen LogP contribution < -0.4 is 15.0 Å². The van der Waals surface area contributed by atoms with E-state index in [1.54, 1.807) is 14.2 Å². The van der Waals surface area contributed by atoms with Crippen LogP contribution in [0.2, 0.25) is 0 Å². The van der Waals surface area contributed by atoms with Gasteiger partial charge < -0.3 is 38.6 Å². The second kappa shape index (κ2) is 14.8. The molecular formula is C33H48N2O6. The summed E-state index contributed by atoms with van der Waals surface area (Å²) in [6.07, 6.45) is 3.81. The Morgan fingerprint density at radius 1 is 1.05 bits per heavy atom. The summed E-state index contributed by atoms with van der Waals surface area (Å²) in [4.78, 5) is 2.40. The number of fused-ring (bicyclic) bond motifs is 3. The third kappa shape index (κ3) is 7.42. The Kier molecular flexibility index (Phi) is 10.9. The lowest BCUT2D eigenvalue weighted by atomic mass is 9.79. The molecule has 1 spiro atoms. The Balaban J connectivity index is 1.29. The number of hydrogen-bond acceptors (Lipinski definition) is 8. The van der Waals surface area contributed by atoms with Gasteiger partial charge in [0, 0.05) is 46.4 Å². The molecule has 8 nitrogen and oxygen atoms in total. The van der Waals surface area contributed by atoms with E-state index in [4.69, 9.17) is 28.4 Å². The number of aryl methyl sites for hydroxylation is 1. The van der Waals surface area contributed by atoms with Crippen molar-refractivity contribution in [2.75, 3.05) is 78.3 Å². The van der Waals surface area contributed by atoms with Crippen molar-refractivity contribution in [3.8, 4) is 5.75 Å². The van der Waals surface area contributed by atoms with Gasteiger partial charge in [0.1, 0.15) is 24.1 Å². The van der Waals surface area contributed by atoms with Crippen molar-refractivity contribution in [1.82, 2.24) is 5.32 Å². The molecule has 1 saturated heterocycles. The molecule has 3 aliphatic heterocycles. The smallest absolute Gasteiger partial charge is 0.142 e. The van der Waals surface area contributed by atoms with Gasteiger partial charge in [0.05, 0.1) is 38.7 Å². The number of ether oxygens (including phenoxy) is 6. The van der Waals surface area contributed by atoms with Crippen molar-refractivity contribution in [3.63, 3.8) is 0 Å². The average molecular weight is 569 g/mol. The van der Waals surface area contributed by atoms with E-state index in [1.165, 1.54) is 16.7 Å². The van der Waals surface area contributed by atoms with Crippen LogP contribution in [0.25, 0.3) is 0 Å². The van der Waals surface area contributed by atoms with E-state index in [-0.39, 0.29) is 6.10 Å². The van der Waals surface area contributed by atoms with E-state index in [0.29, 0.717) is 39.0 Å². The predicted molar refractivity (Wildman–Crippen MR) is 160 cm³/mol. The molecule has 0 aliphatic carbocycles. The van der Waals surface area contributed by atoms with Crippen molar-refractivity contribution in [3.05, 3.63) is 58.7 Å². The minimum absolute atomic E-state index is 0.0878. The molecule has 3 heterocycles. The third-order valence-electron chi connectivity index (χ3n) is 8.43. The number of hydrogen-bond donors (Lipinski definition) is 1. The Morgan fingerprint density at radius 2 is 1.93 bits per heavy atom. The van der Waals surface area contributed by atoms with Crippen LogP contribution in [-0.2, 0) is 48.9 Å². The number of methoxy groups -OCH3 is 2. The molecule has 0 amide bonds. The minimum Gasteiger partial charge on any atom is -0.490 e. The molecule has 0 saturated carbocycles. The number of benzene rings is 2. The van der Waals surface area contributed by atoms with Gasteiger partial charge in [-0.3, -0.25) is 0 Å². The molecule has 0 bridgehead atoms. The van der Waals surface area contributed by atoms with Crippen LogP contribution in [0.1, 0.15) is 48.4 Å². The lowest BCUT2D eigenvalue weighted by Gasteiger charge is -2.44. The van der Waals surface area contributed by atoms with Crippen LogP contribution in [0.4, 0.5) is 5.69 Å². The van der Waals surface area contributed by atoms with E-state index >= 15 is 0 Å². The quantitative estimate of drug-likeness (QED) is 0.356. The van der Waals surface area contributed by atoms with Crippen LogP contribution in [-0.4, -0.2) is 79.5 Å². The van der Waals surface area contributed by atoms with Crippen LogP contribution in [0.15, 0.2) is 36.4 Å². The molecule has 8 heteroatoms. The van der Waals surface area contributed by atoms with Gasteiger partial charge in [0.25, 0.3) is 0 Å². The average Bonchev–Trinajstić information content (AvgIpc) is 3.16. The number of nitrogens with one attached hydrogen (secondary N) is 1. The summed E-state index contributed by atoms with van der Waals surface area (Å²) in [5, 5.41) is 3.56. The van der Waals surface area contributed by atoms with Gasteiger partial charge in [0.15, 0.2) is 0 Å². The first-order valence-corrected chi connectivity index (χ1v) is 15.3. The maximum absolute atomic E-state index is 6.75. The predicted octanol–water partition coefficient (Wildman–Crippen LogP) is 4.46. The van der Waals surface area contributed by atoms with Gasteiger partial charge in [-0.1, -0.05) is 31.2 Å². The van der Waals surface area contributed by atoms with Crippen molar-refractivity contribution < 1.29 is 28.4 Å². The number of anilines is 1. The molecule has 0 aromatic heterocycles.